The molecule has 1 atom stereocenters. The maximum absolute atomic E-state index is 12.5. The Balaban J connectivity index is 2.32. The Morgan fingerprint density at radius 2 is 2.00 bits per heavy atom. The summed E-state index contributed by atoms with van der Waals surface area (Å²) >= 11 is 0.565. The van der Waals surface area contributed by atoms with E-state index < -0.39 is 17.2 Å². The first kappa shape index (κ1) is 13.9. The van der Waals surface area contributed by atoms with Crippen molar-refractivity contribution in [3.63, 3.8) is 0 Å². The predicted molar refractivity (Wildman–Crippen MR) is 65.3 cm³/mol. The monoisotopic (exact) mass is 288 g/mol. The maximum atomic E-state index is 12.5. The molecule has 3 N–H and O–H groups in total. The molecule has 0 aliphatic rings. The maximum Gasteiger partial charge on any atom is 0.443 e. The van der Waals surface area contributed by atoms with Gasteiger partial charge in [0.15, 0.2) is 5.01 Å². The minimum absolute atomic E-state index is 0.389. The standard InChI is InChI=1S/C11H11F3N4S/c1-6-2-3-7(4-16-6)9(18-15)8-5-17-10(19-8)11(12,13)14/h2-5,9,18H,15H2,1H3. The van der Waals surface area contributed by atoms with Crippen molar-refractivity contribution in [2.24, 2.45) is 5.84 Å². The molecule has 0 bridgehead atoms. The summed E-state index contributed by atoms with van der Waals surface area (Å²) in [7, 11) is 0. The van der Waals surface area contributed by atoms with Gasteiger partial charge in [-0.3, -0.25) is 10.8 Å². The van der Waals surface area contributed by atoms with Gasteiger partial charge in [0.1, 0.15) is 0 Å². The Morgan fingerprint density at radius 3 is 2.47 bits per heavy atom. The lowest BCUT2D eigenvalue weighted by Crippen LogP contribution is -2.28. The van der Waals surface area contributed by atoms with Crippen molar-refractivity contribution >= 4 is 11.3 Å². The number of rotatable bonds is 3. The Bertz CT molecular complexity index is 550. The van der Waals surface area contributed by atoms with Crippen molar-refractivity contribution in [2.45, 2.75) is 19.1 Å². The highest BCUT2D eigenvalue weighted by Crippen LogP contribution is 2.35. The number of nitrogens with one attached hydrogen (secondary N) is 1. The third-order valence-electron chi connectivity index (χ3n) is 2.48. The summed E-state index contributed by atoms with van der Waals surface area (Å²) in [5, 5.41) is -0.886. The zero-order valence-corrected chi connectivity index (χ0v) is 10.7. The summed E-state index contributed by atoms with van der Waals surface area (Å²) < 4.78 is 37.5. The quantitative estimate of drug-likeness (QED) is 0.672. The molecule has 0 amide bonds. The lowest BCUT2D eigenvalue weighted by atomic mass is 10.1. The minimum Gasteiger partial charge on any atom is -0.271 e. The van der Waals surface area contributed by atoms with Gasteiger partial charge in [-0.25, -0.2) is 10.4 Å². The van der Waals surface area contributed by atoms with E-state index in [2.05, 4.69) is 15.4 Å². The molecule has 19 heavy (non-hydrogen) atoms. The van der Waals surface area contributed by atoms with Gasteiger partial charge in [0, 0.05) is 23.0 Å². The fourth-order valence-corrected chi connectivity index (χ4v) is 2.42. The van der Waals surface area contributed by atoms with Gasteiger partial charge in [0.05, 0.1) is 6.04 Å². The number of aromatic nitrogens is 2. The highest BCUT2D eigenvalue weighted by molar-refractivity contribution is 7.11. The van der Waals surface area contributed by atoms with Crippen molar-refractivity contribution in [1.82, 2.24) is 15.4 Å². The number of alkyl halides is 3. The normalized spacial score (nSPS) is 13.5. The van der Waals surface area contributed by atoms with E-state index in [1.807, 2.05) is 6.92 Å². The molecule has 0 aliphatic carbocycles. The Hall–Kier alpha value is -1.51. The van der Waals surface area contributed by atoms with E-state index in [1.165, 1.54) is 6.20 Å². The number of hydrogen-bond acceptors (Lipinski definition) is 5. The lowest BCUT2D eigenvalue weighted by molar-refractivity contribution is -0.137. The van der Waals surface area contributed by atoms with E-state index in [0.29, 0.717) is 21.8 Å². The molecule has 0 aromatic carbocycles. The van der Waals surface area contributed by atoms with Gasteiger partial charge < -0.3 is 0 Å². The van der Waals surface area contributed by atoms with Crippen LogP contribution in [0.4, 0.5) is 13.2 Å². The van der Waals surface area contributed by atoms with E-state index in [-0.39, 0.29) is 0 Å². The molecule has 8 heteroatoms. The van der Waals surface area contributed by atoms with Crippen molar-refractivity contribution in [3.8, 4) is 0 Å². The second-order valence-corrected chi connectivity index (χ2v) is 4.96. The van der Waals surface area contributed by atoms with Crippen LogP contribution in [0.25, 0.3) is 0 Å². The van der Waals surface area contributed by atoms with Crippen LogP contribution in [0.1, 0.15) is 27.2 Å². The molecule has 0 radical (unpaired) electrons. The lowest BCUT2D eigenvalue weighted by Gasteiger charge is -2.13. The fourth-order valence-electron chi connectivity index (χ4n) is 1.54. The largest absolute Gasteiger partial charge is 0.443 e. The van der Waals surface area contributed by atoms with E-state index in [1.54, 1.807) is 18.3 Å². The number of nitrogens with zero attached hydrogens (tertiary/aromatic N) is 2. The van der Waals surface area contributed by atoms with Crippen molar-refractivity contribution in [2.75, 3.05) is 0 Å². The molecule has 2 rings (SSSR count). The molecule has 4 nitrogen and oxygen atoms in total. The summed E-state index contributed by atoms with van der Waals surface area (Å²) in [5.41, 5.74) is 3.99. The zero-order valence-electron chi connectivity index (χ0n) is 9.90. The number of hydrazine groups is 1. The van der Waals surface area contributed by atoms with Crippen molar-refractivity contribution in [3.05, 3.63) is 45.7 Å². The molecule has 0 saturated heterocycles. The second kappa shape index (κ2) is 5.24. The van der Waals surface area contributed by atoms with Crippen LogP contribution in [0.2, 0.25) is 0 Å². The third kappa shape index (κ3) is 3.09. The Kier molecular flexibility index (Phi) is 3.83. The summed E-state index contributed by atoms with van der Waals surface area (Å²) in [6.07, 6.45) is -1.68. The average Bonchev–Trinajstić information content (AvgIpc) is 2.82. The van der Waals surface area contributed by atoms with Gasteiger partial charge in [-0.1, -0.05) is 6.07 Å². The first-order chi connectivity index (χ1) is 8.91. The number of hydrogen-bond donors (Lipinski definition) is 2. The molecule has 0 aliphatic heterocycles. The number of halogens is 3. The molecular weight excluding hydrogens is 277 g/mol. The van der Waals surface area contributed by atoms with E-state index in [0.717, 1.165) is 5.69 Å². The fraction of sp³-hybridized carbons (Fsp3) is 0.273. The van der Waals surface area contributed by atoms with Gasteiger partial charge in [-0.05, 0) is 18.6 Å². The van der Waals surface area contributed by atoms with Gasteiger partial charge in [0.25, 0.3) is 0 Å². The first-order valence-corrected chi connectivity index (χ1v) is 6.15. The van der Waals surface area contributed by atoms with Crippen LogP contribution < -0.4 is 11.3 Å². The number of thiazole rings is 1. The molecule has 102 valence electrons. The summed E-state index contributed by atoms with van der Waals surface area (Å²) in [6, 6.07) is 2.98. The molecule has 0 saturated carbocycles. The third-order valence-corrected chi connectivity index (χ3v) is 3.59. The summed E-state index contributed by atoms with van der Waals surface area (Å²) in [4.78, 5) is 7.86. The molecule has 2 aromatic heterocycles. The zero-order chi connectivity index (χ0) is 14.0. The van der Waals surface area contributed by atoms with Crippen molar-refractivity contribution < 1.29 is 13.2 Å². The van der Waals surface area contributed by atoms with Gasteiger partial charge in [0.2, 0.25) is 0 Å². The van der Waals surface area contributed by atoms with Gasteiger partial charge in [-0.2, -0.15) is 13.2 Å². The van der Waals surface area contributed by atoms with Gasteiger partial charge >= 0.3 is 6.18 Å². The van der Waals surface area contributed by atoms with E-state index in [9.17, 15) is 13.2 Å². The van der Waals surface area contributed by atoms with Crippen LogP contribution in [-0.4, -0.2) is 9.97 Å². The molecular formula is C11H11F3N4S. The average molecular weight is 288 g/mol. The first-order valence-electron chi connectivity index (χ1n) is 5.33. The molecule has 0 spiro atoms. The van der Waals surface area contributed by atoms with E-state index in [4.69, 9.17) is 5.84 Å². The minimum atomic E-state index is -4.44. The van der Waals surface area contributed by atoms with E-state index >= 15 is 0 Å². The Labute approximate surface area is 111 Å². The topological polar surface area (TPSA) is 63.8 Å². The number of pyridine rings is 1. The highest BCUT2D eigenvalue weighted by Gasteiger charge is 2.35. The second-order valence-electron chi connectivity index (χ2n) is 3.90. The Morgan fingerprint density at radius 1 is 1.26 bits per heavy atom. The van der Waals surface area contributed by atoms with Crippen LogP contribution in [0.5, 0.6) is 0 Å². The molecule has 2 heterocycles. The van der Waals surface area contributed by atoms with Crippen LogP contribution in [0.3, 0.4) is 0 Å². The molecule has 1 unspecified atom stereocenters. The number of nitrogens with two attached hydrogens (primary N) is 1. The smallest absolute Gasteiger partial charge is 0.271 e. The molecule has 2 aromatic rings. The summed E-state index contributed by atoms with van der Waals surface area (Å²) in [5.74, 6) is 5.41. The summed E-state index contributed by atoms with van der Waals surface area (Å²) in [6.45, 7) is 1.82. The van der Waals surface area contributed by atoms with Crippen LogP contribution in [0.15, 0.2) is 24.5 Å². The van der Waals surface area contributed by atoms with Crippen LogP contribution >= 0.6 is 11.3 Å². The number of aryl methyl sites for hydroxylation is 1. The highest BCUT2D eigenvalue weighted by atomic mass is 32.1. The predicted octanol–water partition coefficient (Wildman–Crippen LogP) is 2.42. The van der Waals surface area contributed by atoms with Gasteiger partial charge in [-0.15, -0.1) is 11.3 Å². The molecule has 0 fully saturated rings. The SMILES string of the molecule is Cc1ccc(C(NN)c2cnc(C(F)(F)F)s2)cn1. The van der Waals surface area contributed by atoms with Crippen molar-refractivity contribution in [1.29, 1.82) is 0 Å². The van der Waals surface area contributed by atoms with Crippen LogP contribution in [-0.2, 0) is 6.18 Å². The van der Waals surface area contributed by atoms with Crippen LogP contribution in [0, 0.1) is 6.92 Å².